The summed E-state index contributed by atoms with van der Waals surface area (Å²) >= 11 is 5.91. The van der Waals surface area contributed by atoms with Crippen LogP contribution in [-0.4, -0.2) is 25.9 Å². The number of hydrogen-bond donors (Lipinski definition) is 1. The molecule has 3 nitrogen and oxygen atoms in total. The first-order valence-corrected chi connectivity index (χ1v) is 6.33. The lowest BCUT2D eigenvalue weighted by Crippen LogP contribution is -2.31. The van der Waals surface area contributed by atoms with E-state index in [4.69, 9.17) is 11.6 Å². The van der Waals surface area contributed by atoms with E-state index in [1.807, 2.05) is 26.2 Å². The summed E-state index contributed by atoms with van der Waals surface area (Å²) in [4.78, 5) is 13.3. The van der Waals surface area contributed by atoms with Crippen molar-refractivity contribution < 1.29 is 4.79 Å². The first-order valence-electron chi connectivity index (χ1n) is 5.80. The van der Waals surface area contributed by atoms with Crippen LogP contribution in [0.15, 0.2) is 18.2 Å². The third kappa shape index (κ3) is 2.31. The van der Waals surface area contributed by atoms with E-state index in [9.17, 15) is 4.79 Å². The van der Waals surface area contributed by atoms with Crippen molar-refractivity contribution in [2.24, 2.45) is 0 Å². The molecular weight excluding hydrogens is 236 g/mol. The molecule has 2 rings (SSSR count). The number of rotatable bonds is 3. The molecule has 0 saturated heterocycles. The summed E-state index contributed by atoms with van der Waals surface area (Å²) < 4.78 is 0. The van der Waals surface area contributed by atoms with Crippen LogP contribution >= 0.6 is 11.6 Å². The minimum Gasteiger partial charge on any atom is -0.315 e. The highest BCUT2D eigenvalue weighted by atomic mass is 35.5. The van der Waals surface area contributed by atoms with Crippen LogP contribution in [0.25, 0.3) is 0 Å². The van der Waals surface area contributed by atoms with Crippen molar-refractivity contribution in [3.05, 3.63) is 29.3 Å². The standard InChI is InChI=1S/C13H17ClN2O/c1-15-11(8-14)9-3-5-12-10(7-9)4-6-13(17)16(12)2/h3,5,7,11,15H,4,6,8H2,1-2H3. The molecule has 0 saturated carbocycles. The van der Waals surface area contributed by atoms with Gasteiger partial charge in [0.05, 0.1) is 0 Å². The Labute approximate surface area is 107 Å². The van der Waals surface area contributed by atoms with E-state index >= 15 is 0 Å². The molecule has 1 unspecified atom stereocenters. The number of carbonyl (C=O) groups excluding carboxylic acids is 1. The molecule has 4 heteroatoms. The number of aryl methyl sites for hydroxylation is 1. The third-order valence-electron chi connectivity index (χ3n) is 3.35. The van der Waals surface area contributed by atoms with Gasteiger partial charge in [-0.3, -0.25) is 4.79 Å². The summed E-state index contributed by atoms with van der Waals surface area (Å²) in [6.45, 7) is 0. The molecule has 1 amide bonds. The van der Waals surface area contributed by atoms with Gasteiger partial charge in [0, 0.05) is 31.1 Å². The van der Waals surface area contributed by atoms with E-state index in [2.05, 4.69) is 11.4 Å². The molecule has 1 atom stereocenters. The van der Waals surface area contributed by atoms with Gasteiger partial charge in [-0.05, 0) is 30.7 Å². The van der Waals surface area contributed by atoms with Gasteiger partial charge >= 0.3 is 0 Å². The lowest BCUT2D eigenvalue weighted by Gasteiger charge is -2.27. The summed E-state index contributed by atoms with van der Waals surface area (Å²) in [5.41, 5.74) is 3.44. The van der Waals surface area contributed by atoms with Crippen LogP contribution in [0, 0.1) is 0 Å². The van der Waals surface area contributed by atoms with E-state index in [1.54, 1.807) is 4.90 Å². The second-order valence-corrected chi connectivity index (χ2v) is 4.65. The zero-order chi connectivity index (χ0) is 12.4. The number of nitrogens with one attached hydrogen (secondary N) is 1. The smallest absolute Gasteiger partial charge is 0.227 e. The molecule has 0 aliphatic carbocycles. The van der Waals surface area contributed by atoms with Gasteiger partial charge in [-0.2, -0.15) is 0 Å². The predicted octanol–water partition coefficient (Wildman–Crippen LogP) is 2.09. The van der Waals surface area contributed by atoms with E-state index in [0.29, 0.717) is 12.3 Å². The normalized spacial score (nSPS) is 16.9. The highest BCUT2D eigenvalue weighted by molar-refractivity contribution is 6.18. The molecule has 0 spiro atoms. The van der Waals surface area contributed by atoms with Crippen LogP contribution in [0.5, 0.6) is 0 Å². The molecule has 1 aromatic rings. The monoisotopic (exact) mass is 252 g/mol. The number of alkyl halides is 1. The fraction of sp³-hybridized carbons (Fsp3) is 0.462. The average molecular weight is 253 g/mol. The molecule has 1 aliphatic heterocycles. The van der Waals surface area contributed by atoms with Gasteiger partial charge in [0.2, 0.25) is 5.91 Å². The number of carbonyl (C=O) groups is 1. The number of fused-ring (bicyclic) bond motifs is 1. The maximum absolute atomic E-state index is 11.6. The molecule has 1 heterocycles. The zero-order valence-corrected chi connectivity index (χ0v) is 10.9. The largest absolute Gasteiger partial charge is 0.315 e. The fourth-order valence-corrected chi connectivity index (χ4v) is 2.56. The Kier molecular flexibility index (Phi) is 3.69. The lowest BCUT2D eigenvalue weighted by molar-refractivity contribution is -0.118. The van der Waals surface area contributed by atoms with Crippen LogP contribution < -0.4 is 10.2 Å². The van der Waals surface area contributed by atoms with Crippen molar-refractivity contribution in [1.29, 1.82) is 0 Å². The molecule has 1 N–H and O–H groups in total. The Balaban J connectivity index is 2.35. The molecule has 0 bridgehead atoms. The number of amides is 1. The Morgan fingerprint density at radius 3 is 2.88 bits per heavy atom. The van der Waals surface area contributed by atoms with Crippen LogP contribution in [0.1, 0.15) is 23.6 Å². The number of benzene rings is 1. The SMILES string of the molecule is CNC(CCl)c1ccc2c(c1)CCC(=O)N2C. The molecule has 1 aliphatic rings. The van der Waals surface area contributed by atoms with Crippen molar-refractivity contribution in [2.45, 2.75) is 18.9 Å². The third-order valence-corrected chi connectivity index (χ3v) is 3.66. The van der Waals surface area contributed by atoms with E-state index < -0.39 is 0 Å². The molecule has 92 valence electrons. The average Bonchev–Trinajstić information content (AvgIpc) is 2.35. The second kappa shape index (κ2) is 5.07. The summed E-state index contributed by atoms with van der Waals surface area (Å²) in [5.74, 6) is 0.733. The van der Waals surface area contributed by atoms with Crippen molar-refractivity contribution in [2.75, 3.05) is 24.9 Å². The Morgan fingerprint density at radius 1 is 1.47 bits per heavy atom. The van der Waals surface area contributed by atoms with Crippen molar-refractivity contribution >= 4 is 23.2 Å². The first-order chi connectivity index (χ1) is 8.17. The highest BCUT2D eigenvalue weighted by Crippen LogP contribution is 2.29. The first kappa shape index (κ1) is 12.4. The Morgan fingerprint density at radius 2 is 2.24 bits per heavy atom. The molecule has 0 aromatic heterocycles. The predicted molar refractivity (Wildman–Crippen MR) is 70.7 cm³/mol. The Bertz CT molecular complexity index is 429. The van der Waals surface area contributed by atoms with Crippen LogP contribution in [-0.2, 0) is 11.2 Å². The number of anilines is 1. The van der Waals surface area contributed by atoms with Gasteiger partial charge in [-0.15, -0.1) is 11.6 Å². The van der Waals surface area contributed by atoms with Crippen molar-refractivity contribution in [1.82, 2.24) is 5.32 Å². The fourth-order valence-electron chi connectivity index (χ4n) is 2.23. The number of nitrogens with zero attached hydrogens (tertiary/aromatic N) is 1. The zero-order valence-electron chi connectivity index (χ0n) is 10.2. The summed E-state index contributed by atoms with van der Waals surface area (Å²) in [6, 6.07) is 6.38. The van der Waals surface area contributed by atoms with Gasteiger partial charge in [0.15, 0.2) is 0 Å². The highest BCUT2D eigenvalue weighted by Gasteiger charge is 2.21. The molecule has 0 radical (unpaired) electrons. The van der Waals surface area contributed by atoms with Crippen LogP contribution in [0.4, 0.5) is 5.69 Å². The van der Waals surface area contributed by atoms with Crippen LogP contribution in [0.3, 0.4) is 0 Å². The second-order valence-electron chi connectivity index (χ2n) is 4.34. The van der Waals surface area contributed by atoms with E-state index in [-0.39, 0.29) is 11.9 Å². The summed E-state index contributed by atoms with van der Waals surface area (Å²) in [6.07, 6.45) is 1.42. The Hall–Kier alpha value is -1.06. The quantitative estimate of drug-likeness (QED) is 0.836. The van der Waals surface area contributed by atoms with E-state index in [0.717, 1.165) is 12.1 Å². The van der Waals surface area contributed by atoms with Gasteiger partial charge in [-0.25, -0.2) is 0 Å². The molecule has 0 fully saturated rings. The molecular formula is C13H17ClN2O. The van der Waals surface area contributed by atoms with Gasteiger partial charge < -0.3 is 10.2 Å². The van der Waals surface area contributed by atoms with Crippen molar-refractivity contribution in [3.63, 3.8) is 0 Å². The topological polar surface area (TPSA) is 32.3 Å². The minimum absolute atomic E-state index is 0.171. The maximum atomic E-state index is 11.6. The van der Waals surface area contributed by atoms with Gasteiger partial charge in [0.1, 0.15) is 0 Å². The summed E-state index contributed by atoms with van der Waals surface area (Å²) in [5, 5.41) is 3.18. The minimum atomic E-state index is 0.171. The maximum Gasteiger partial charge on any atom is 0.227 e. The molecule has 17 heavy (non-hydrogen) atoms. The number of hydrogen-bond acceptors (Lipinski definition) is 2. The molecule has 1 aromatic carbocycles. The van der Waals surface area contributed by atoms with Crippen LogP contribution in [0.2, 0.25) is 0 Å². The number of halogens is 1. The van der Waals surface area contributed by atoms with Gasteiger partial charge in [-0.1, -0.05) is 12.1 Å². The van der Waals surface area contributed by atoms with E-state index in [1.165, 1.54) is 11.1 Å². The lowest BCUT2D eigenvalue weighted by atomic mass is 9.97. The summed E-state index contributed by atoms with van der Waals surface area (Å²) in [7, 11) is 3.74. The van der Waals surface area contributed by atoms with Crippen molar-refractivity contribution in [3.8, 4) is 0 Å². The van der Waals surface area contributed by atoms with Gasteiger partial charge in [0.25, 0.3) is 0 Å².